The van der Waals surface area contributed by atoms with Gasteiger partial charge in [0.1, 0.15) is 6.54 Å². The Morgan fingerprint density at radius 1 is 1.07 bits per heavy atom. The third-order valence-electron chi connectivity index (χ3n) is 6.36. The molecule has 1 saturated heterocycles. The van der Waals surface area contributed by atoms with Gasteiger partial charge >= 0.3 is 5.97 Å². The van der Waals surface area contributed by atoms with Crippen molar-refractivity contribution in [3.63, 3.8) is 0 Å². The molecule has 0 N–H and O–H groups in total. The van der Waals surface area contributed by atoms with Crippen LogP contribution in [-0.2, 0) is 19.1 Å². The number of fused-ring (bicyclic) bond motifs is 5. The molecule has 3 aliphatic rings. The van der Waals surface area contributed by atoms with Gasteiger partial charge in [-0.3, -0.25) is 24.1 Å². The van der Waals surface area contributed by atoms with Crippen LogP contribution in [0.3, 0.4) is 0 Å². The first-order valence-corrected chi connectivity index (χ1v) is 9.48. The molecule has 2 amide bonds. The summed E-state index contributed by atoms with van der Waals surface area (Å²) in [5.41, 5.74) is 2.28. The molecule has 1 aromatic rings. The molecular weight excluding hydrogens is 346 g/mol. The number of benzene rings is 1. The zero-order valence-corrected chi connectivity index (χ0v) is 15.6. The number of nitrogens with zero attached hydrogens (tertiary/aromatic N) is 1. The number of imide groups is 1. The number of likely N-dealkylation sites (tertiary alicyclic amines) is 1. The number of esters is 1. The predicted octanol–water partition coefficient (Wildman–Crippen LogP) is 2.06. The molecule has 4 rings (SSSR count). The molecule has 1 heterocycles. The van der Waals surface area contributed by atoms with Crippen LogP contribution < -0.4 is 0 Å². The maximum Gasteiger partial charge on any atom is 0.326 e. The minimum absolute atomic E-state index is 0.241. The Labute approximate surface area is 157 Å². The molecule has 0 radical (unpaired) electrons. The summed E-state index contributed by atoms with van der Waals surface area (Å²) in [6.07, 6.45) is 2.94. The second-order valence-electron chi connectivity index (χ2n) is 8.05. The van der Waals surface area contributed by atoms with Crippen molar-refractivity contribution in [2.24, 2.45) is 23.7 Å². The summed E-state index contributed by atoms with van der Waals surface area (Å²) in [4.78, 5) is 50.7. The highest BCUT2D eigenvalue weighted by Crippen LogP contribution is 2.56. The van der Waals surface area contributed by atoms with Crippen LogP contribution in [0.15, 0.2) is 18.2 Å². The van der Waals surface area contributed by atoms with E-state index in [1.54, 1.807) is 6.07 Å². The molecule has 0 unspecified atom stereocenters. The maximum atomic E-state index is 12.6. The van der Waals surface area contributed by atoms with E-state index >= 15 is 0 Å². The Balaban J connectivity index is 1.36. The number of hydrogen-bond donors (Lipinski definition) is 0. The first kappa shape index (κ1) is 17.9. The Bertz CT molecular complexity index is 817. The van der Waals surface area contributed by atoms with Gasteiger partial charge in [0, 0.05) is 5.56 Å². The summed E-state index contributed by atoms with van der Waals surface area (Å²) in [6, 6.07) is 5.52. The van der Waals surface area contributed by atoms with Crippen LogP contribution in [0.1, 0.15) is 40.7 Å². The topological polar surface area (TPSA) is 80.8 Å². The molecule has 1 aliphatic heterocycles. The van der Waals surface area contributed by atoms with Crippen LogP contribution in [0.2, 0.25) is 0 Å². The van der Waals surface area contributed by atoms with E-state index in [2.05, 4.69) is 0 Å². The van der Waals surface area contributed by atoms with Crippen molar-refractivity contribution in [2.45, 2.75) is 33.1 Å². The number of Topliss-reactive ketones (excluding diaryl/α,β-unsaturated/α-hetero) is 1. The first-order valence-electron chi connectivity index (χ1n) is 9.48. The lowest BCUT2D eigenvalue weighted by Gasteiger charge is -2.19. The summed E-state index contributed by atoms with van der Waals surface area (Å²) in [7, 11) is 0. The van der Waals surface area contributed by atoms with Gasteiger partial charge in [0.2, 0.25) is 17.6 Å². The van der Waals surface area contributed by atoms with Gasteiger partial charge in [0.15, 0.2) is 6.61 Å². The van der Waals surface area contributed by atoms with E-state index in [9.17, 15) is 19.2 Å². The highest BCUT2D eigenvalue weighted by molar-refractivity contribution is 6.08. The van der Waals surface area contributed by atoms with Gasteiger partial charge in [-0.15, -0.1) is 0 Å². The Kier molecular flexibility index (Phi) is 4.36. The fourth-order valence-corrected chi connectivity index (χ4v) is 5.06. The molecular formula is C21H23NO5. The lowest BCUT2D eigenvalue weighted by molar-refractivity contribution is -0.152. The SMILES string of the molecule is Cc1ccc(C)c(C(=O)COC(=O)CN2C(=O)[C@H]3[C@H]4CC[C@@H](C4)[C@@H]3C2=O)c1. The minimum Gasteiger partial charge on any atom is -0.456 e. The number of ether oxygens (including phenoxy) is 1. The lowest BCUT2D eigenvalue weighted by atomic mass is 9.81. The average molecular weight is 369 g/mol. The highest BCUT2D eigenvalue weighted by atomic mass is 16.5. The molecule has 6 heteroatoms. The van der Waals surface area contributed by atoms with E-state index in [1.165, 1.54) is 0 Å². The van der Waals surface area contributed by atoms with Crippen molar-refractivity contribution in [3.05, 3.63) is 34.9 Å². The Morgan fingerprint density at radius 2 is 1.70 bits per heavy atom. The molecule has 2 bridgehead atoms. The fourth-order valence-electron chi connectivity index (χ4n) is 5.06. The van der Waals surface area contributed by atoms with Gasteiger partial charge in [0.25, 0.3) is 0 Å². The Morgan fingerprint density at radius 3 is 2.33 bits per heavy atom. The van der Waals surface area contributed by atoms with Crippen LogP contribution in [0.25, 0.3) is 0 Å². The van der Waals surface area contributed by atoms with Crippen molar-refractivity contribution < 1.29 is 23.9 Å². The molecule has 1 aromatic carbocycles. The molecule has 142 valence electrons. The second kappa shape index (κ2) is 6.59. The van der Waals surface area contributed by atoms with Crippen molar-refractivity contribution in [1.29, 1.82) is 0 Å². The monoisotopic (exact) mass is 369 g/mol. The number of rotatable bonds is 5. The zero-order chi connectivity index (χ0) is 19.3. The first-order chi connectivity index (χ1) is 12.9. The average Bonchev–Trinajstić information content (AvgIpc) is 3.31. The minimum atomic E-state index is -0.720. The van der Waals surface area contributed by atoms with E-state index in [0.29, 0.717) is 5.56 Å². The van der Waals surface area contributed by atoms with Crippen molar-refractivity contribution >= 4 is 23.6 Å². The number of carbonyl (C=O) groups excluding carboxylic acids is 4. The van der Waals surface area contributed by atoms with Crippen LogP contribution in [0.5, 0.6) is 0 Å². The molecule has 0 spiro atoms. The molecule has 0 aromatic heterocycles. The quantitative estimate of drug-likeness (QED) is 0.451. The summed E-state index contributed by atoms with van der Waals surface area (Å²) >= 11 is 0. The largest absolute Gasteiger partial charge is 0.456 e. The number of ketones is 1. The van der Waals surface area contributed by atoms with Crippen LogP contribution >= 0.6 is 0 Å². The molecule has 4 atom stereocenters. The van der Waals surface area contributed by atoms with Gasteiger partial charge in [-0.05, 0) is 56.6 Å². The van der Waals surface area contributed by atoms with E-state index in [0.717, 1.165) is 35.3 Å². The van der Waals surface area contributed by atoms with Crippen LogP contribution in [-0.4, -0.2) is 41.6 Å². The third-order valence-corrected chi connectivity index (χ3v) is 6.36. The fraction of sp³-hybridized carbons (Fsp3) is 0.524. The predicted molar refractivity (Wildman–Crippen MR) is 95.7 cm³/mol. The van der Waals surface area contributed by atoms with Gasteiger partial charge in [0.05, 0.1) is 11.8 Å². The van der Waals surface area contributed by atoms with E-state index in [4.69, 9.17) is 4.74 Å². The molecule has 27 heavy (non-hydrogen) atoms. The highest BCUT2D eigenvalue weighted by Gasteiger charge is 2.61. The van der Waals surface area contributed by atoms with Gasteiger partial charge in [-0.2, -0.15) is 0 Å². The summed E-state index contributed by atoms with van der Waals surface area (Å²) in [6.45, 7) is 2.92. The maximum absolute atomic E-state index is 12.6. The summed E-state index contributed by atoms with van der Waals surface area (Å²) < 4.78 is 5.07. The molecule has 3 fully saturated rings. The normalized spacial score (nSPS) is 28.6. The van der Waals surface area contributed by atoms with Crippen molar-refractivity contribution in [3.8, 4) is 0 Å². The second-order valence-corrected chi connectivity index (χ2v) is 8.05. The van der Waals surface area contributed by atoms with E-state index in [1.807, 2.05) is 26.0 Å². The number of amides is 2. The van der Waals surface area contributed by atoms with Gasteiger partial charge in [-0.25, -0.2) is 0 Å². The smallest absolute Gasteiger partial charge is 0.326 e. The number of aryl methyl sites for hydroxylation is 2. The van der Waals surface area contributed by atoms with E-state index < -0.39 is 19.1 Å². The van der Waals surface area contributed by atoms with Crippen LogP contribution in [0.4, 0.5) is 0 Å². The number of hydrogen-bond acceptors (Lipinski definition) is 5. The zero-order valence-electron chi connectivity index (χ0n) is 15.6. The Hall–Kier alpha value is -2.50. The molecule has 2 saturated carbocycles. The van der Waals surface area contributed by atoms with Crippen molar-refractivity contribution in [1.82, 2.24) is 4.90 Å². The summed E-state index contributed by atoms with van der Waals surface area (Å²) in [5, 5.41) is 0. The lowest BCUT2D eigenvalue weighted by Crippen LogP contribution is -2.38. The third kappa shape index (κ3) is 2.97. The van der Waals surface area contributed by atoms with Crippen LogP contribution in [0, 0.1) is 37.5 Å². The number of carbonyl (C=O) groups is 4. The standard InChI is InChI=1S/C21H23NO5/c1-11-3-4-12(2)15(7-11)16(23)10-27-17(24)9-22-20(25)18-13-5-6-14(8-13)19(18)21(22)26/h3-4,7,13-14,18-19H,5-6,8-10H2,1-2H3/t13-,14-,18-,19-/m0/s1. The summed E-state index contributed by atoms with van der Waals surface area (Å²) in [5.74, 6) is -1.43. The molecule has 6 nitrogen and oxygen atoms in total. The van der Waals surface area contributed by atoms with E-state index in [-0.39, 0.29) is 41.3 Å². The van der Waals surface area contributed by atoms with Gasteiger partial charge in [-0.1, -0.05) is 17.7 Å². The van der Waals surface area contributed by atoms with Crippen molar-refractivity contribution in [2.75, 3.05) is 13.2 Å². The molecule has 2 aliphatic carbocycles. The van der Waals surface area contributed by atoms with Gasteiger partial charge < -0.3 is 4.74 Å².